The van der Waals surface area contributed by atoms with Gasteiger partial charge in [0.2, 0.25) is 5.91 Å². The second kappa shape index (κ2) is 8.19. The first-order chi connectivity index (χ1) is 11.5. The van der Waals surface area contributed by atoms with Crippen molar-refractivity contribution in [2.45, 2.75) is 25.3 Å². The van der Waals surface area contributed by atoms with Gasteiger partial charge in [-0.3, -0.25) is 14.4 Å². The van der Waals surface area contributed by atoms with Crippen molar-refractivity contribution in [3.05, 3.63) is 35.9 Å². The molecular weight excluding hydrogens is 328 g/mol. The zero-order valence-corrected chi connectivity index (χ0v) is 14.4. The highest BCUT2D eigenvalue weighted by atomic mass is 32.2. The molecule has 1 aromatic rings. The molecule has 0 saturated heterocycles. The lowest BCUT2D eigenvalue weighted by Gasteiger charge is -2.19. The van der Waals surface area contributed by atoms with Gasteiger partial charge < -0.3 is 15.7 Å². The van der Waals surface area contributed by atoms with E-state index < -0.39 is 17.4 Å². The molecule has 0 spiro atoms. The number of hydrogen-bond acceptors (Lipinski definition) is 4. The van der Waals surface area contributed by atoms with Crippen molar-refractivity contribution in [2.24, 2.45) is 5.41 Å². The van der Waals surface area contributed by atoms with E-state index in [0.717, 1.165) is 5.75 Å². The predicted molar refractivity (Wildman–Crippen MR) is 93.0 cm³/mol. The fourth-order valence-electron chi connectivity index (χ4n) is 2.33. The Hall–Kier alpha value is -2.02. The van der Waals surface area contributed by atoms with E-state index in [-0.39, 0.29) is 18.4 Å². The molecule has 1 aliphatic rings. The van der Waals surface area contributed by atoms with Crippen LogP contribution in [0.5, 0.6) is 0 Å². The largest absolute Gasteiger partial charge is 0.481 e. The van der Waals surface area contributed by atoms with Gasteiger partial charge in [0, 0.05) is 12.1 Å². The van der Waals surface area contributed by atoms with Crippen LogP contribution >= 0.6 is 11.8 Å². The Morgan fingerprint density at radius 1 is 1.25 bits per heavy atom. The standard InChI is InChI=1S/C17H22N2O4S/c1-24-10-7-13(19-14(20)12-5-3-2-4-6-12)15(21)18-11-17(8-9-17)16(22)23/h2-6,13H,7-11H2,1H3,(H,18,21)(H,19,20)(H,22,23). The number of hydrogen-bond donors (Lipinski definition) is 3. The number of carboxylic acids is 1. The van der Waals surface area contributed by atoms with Crippen molar-refractivity contribution < 1.29 is 19.5 Å². The number of thioether (sulfide) groups is 1. The van der Waals surface area contributed by atoms with Gasteiger partial charge in [0.05, 0.1) is 5.41 Å². The summed E-state index contributed by atoms with van der Waals surface area (Å²) in [5.74, 6) is -0.800. The Morgan fingerprint density at radius 2 is 1.92 bits per heavy atom. The highest BCUT2D eigenvalue weighted by Gasteiger charge is 2.50. The second-order valence-electron chi connectivity index (χ2n) is 5.98. The number of carboxylic acid groups (broad SMARTS) is 1. The topological polar surface area (TPSA) is 95.5 Å². The third-order valence-corrected chi connectivity index (χ3v) is 4.82. The number of carbonyl (C=O) groups excluding carboxylic acids is 2. The second-order valence-corrected chi connectivity index (χ2v) is 6.96. The molecule has 0 heterocycles. The van der Waals surface area contributed by atoms with Gasteiger partial charge in [-0.15, -0.1) is 0 Å². The first kappa shape index (κ1) is 18.3. The average Bonchev–Trinajstić information content (AvgIpc) is 3.38. The third kappa shape index (κ3) is 4.74. The van der Waals surface area contributed by atoms with Crippen LogP contribution in [0.2, 0.25) is 0 Å². The Bertz CT molecular complexity index is 602. The zero-order valence-electron chi connectivity index (χ0n) is 13.6. The van der Waals surface area contributed by atoms with Gasteiger partial charge in [0.15, 0.2) is 0 Å². The minimum absolute atomic E-state index is 0.109. The van der Waals surface area contributed by atoms with Crippen molar-refractivity contribution in [3.8, 4) is 0 Å². The van der Waals surface area contributed by atoms with Gasteiger partial charge in [-0.05, 0) is 43.4 Å². The van der Waals surface area contributed by atoms with Crippen LogP contribution in [0.1, 0.15) is 29.6 Å². The van der Waals surface area contributed by atoms with Crippen molar-refractivity contribution in [3.63, 3.8) is 0 Å². The maximum absolute atomic E-state index is 12.4. The summed E-state index contributed by atoms with van der Waals surface area (Å²) >= 11 is 1.59. The van der Waals surface area contributed by atoms with E-state index in [1.54, 1.807) is 36.0 Å². The van der Waals surface area contributed by atoms with Gasteiger partial charge in [0.25, 0.3) is 5.91 Å². The number of benzene rings is 1. The highest BCUT2D eigenvalue weighted by molar-refractivity contribution is 7.98. The van der Waals surface area contributed by atoms with E-state index in [4.69, 9.17) is 5.11 Å². The lowest BCUT2D eigenvalue weighted by molar-refractivity contribution is -0.143. The molecule has 130 valence electrons. The van der Waals surface area contributed by atoms with Crippen molar-refractivity contribution in [1.29, 1.82) is 0 Å². The molecule has 0 bridgehead atoms. The van der Waals surface area contributed by atoms with Crippen LogP contribution in [-0.2, 0) is 9.59 Å². The molecule has 6 nitrogen and oxygen atoms in total. The summed E-state index contributed by atoms with van der Waals surface area (Å²) in [5.41, 5.74) is -0.327. The van der Waals surface area contributed by atoms with E-state index in [1.807, 2.05) is 12.3 Å². The molecule has 24 heavy (non-hydrogen) atoms. The van der Waals surface area contributed by atoms with Crippen molar-refractivity contribution >= 4 is 29.5 Å². The first-order valence-electron chi connectivity index (χ1n) is 7.84. The molecule has 2 rings (SSSR count). The van der Waals surface area contributed by atoms with Crippen LogP contribution in [0.3, 0.4) is 0 Å². The Morgan fingerprint density at radius 3 is 2.46 bits per heavy atom. The summed E-state index contributed by atoms with van der Waals surface area (Å²) in [4.78, 5) is 35.8. The van der Waals surface area contributed by atoms with E-state index in [0.29, 0.717) is 24.8 Å². The number of nitrogens with one attached hydrogen (secondary N) is 2. The summed E-state index contributed by atoms with van der Waals surface area (Å²) in [6.07, 6.45) is 3.58. The average molecular weight is 350 g/mol. The van der Waals surface area contributed by atoms with E-state index >= 15 is 0 Å². The maximum atomic E-state index is 12.4. The Labute approximate surface area is 145 Å². The summed E-state index contributed by atoms with van der Waals surface area (Å²) in [6, 6.07) is 8.03. The molecule has 1 saturated carbocycles. The fraction of sp³-hybridized carbons (Fsp3) is 0.471. The fourth-order valence-corrected chi connectivity index (χ4v) is 2.80. The van der Waals surface area contributed by atoms with Crippen LogP contribution in [0.25, 0.3) is 0 Å². The molecule has 0 aliphatic heterocycles. The molecule has 1 unspecified atom stereocenters. The third-order valence-electron chi connectivity index (χ3n) is 4.18. The smallest absolute Gasteiger partial charge is 0.311 e. The number of aliphatic carboxylic acids is 1. The Balaban J connectivity index is 1.95. The molecule has 1 atom stereocenters. The maximum Gasteiger partial charge on any atom is 0.311 e. The highest BCUT2D eigenvalue weighted by Crippen LogP contribution is 2.45. The van der Waals surface area contributed by atoms with Crippen LogP contribution in [-0.4, -0.2) is 47.5 Å². The Kier molecular flexibility index (Phi) is 6.25. The van der Waals surface area contributed by atoms with Crippen LogP contribution in [0.4, 0.5) is 0 Å². The molecule has 3 N–H and O–H groups in total. The van der Waals surface area contributed by atoms with E-state index in [1.165, 1.54) is 0 Å². The minimum atomic E-state index is -0.878. The van der Waals surface area contributed by atoms with Crippen LogP contribution < -0.4 is 10.6 Å². The number of amides is 2. The molecule has 1 aromatic carbocycles. The zero-order chi connectivity index (χ0) is 17.6. The van der Waals surface area contributed by atoms with Gasteiger partial charge in [-0.2, -0.15) is 11.8 Å². The van der Waals surface area contributed by atoms with Gasteiger partial charge in [-0.25, -0.2) is 0 Å². The molecule has 0 radical (unpaired) electrons. The predicted octanol–water partition coefficient (Wildman–Crippen LogP) is 1.52. The van der Waals surface area contributed by atoms with Crippen molar-refractivity contribution in [1.82, 2.24) is 10.6 Å². The molecule has 7 heteroatoms. The van der Waals surface area contributed by atoms with Gasteiger partial charge in [0.1, 0.15) is 6.04 Å². The van der Waals surface area contributed by atoms with E-state index in [9.17, 15) is 14.4 Å². The van der Waals surface area contributed by atoms with Gasteiger partial charge in [-0.1, -0.05) is 18.2 Å². The van der Waals surface area contributed by atoms with Crippen LogP contribution in [0, 0.1) is 5.41 Å². The monoisotopic (exact) mass is 350 g/mol. The lowest BCUT2D eigenvalue weighted by atomic mass is 10.1. The normalized spacial score (nSPS) is 16.0. The van der Waals surface area contributed by atoms with Crippen molar-refractivity contribution in [2.75, 3.05) is 18.6 Å². The molecular formula is C17H22N2O4S. The summed E-state index contributed by atoms with van der Waals surface area (Å²) in [7, 11) is 0. The van der Waals surface area contributed by atoms with Gasteiger partial charge >= 0.3 is 5.97 Å². The minimum Gasteiger partial charge on any atom is -0.481 e. The molecule has 2 amide bonds. The molecule has 1 aliphatic carbocycles. The summed E-state index contributed by atoms with van der Waals surface area (Å²) < 4.78 is 0. The van der Waals surface area contributed by atoms with E-state index in [2.05, 4.69) is 10.6 Å². The lowest BCUT2D eigenvalue weighted by Crippen LogP contribution is -2.48. The summed E-state index contributed by atoms with van der Waals surface area (Å²) in [6.45, 7) is 0.109. The molecule has 0 aromatic heterocycles. The number of carbonyl (C=O) groups is 3. The SMILES string of the molecule is CSCCC(NC(=O)c1ccccc1)C(=O)NCC1(C(=O)O)CC1. The molecule has 1 fully saturated rings. The quantitative estimate of drug-likeness (QED) is 0.628. The summed E-state index contributed by atoms with van der Waals surface area (Å²) in [5, 5.41) is 14.6. The first-order valence-corrected chi connectivity index (χ1v) is 9.24. The number of rotatable bonds is 9. The van der Waals surface area contributed by atoms with Crippen LogP contribution in [0.15, 0.2) is 30.3 Å².